The van der Waals surface area contributed by atoms with Gasteiger partial charge in [0.05, 0.1) is 10.7 Å². The summed E-state index contributed by atoms with van der Waals surface area (Å²) in [6.07, 6.45) is 0.816. The zero-order valence-corrected chi connectivity index (χ0v) is 14.2. The lowest BCUT2D eigenvalue weighted by molar-refractivity contribution is 0.171. The molecular weight excluding hydrogens is 320 g/mol. The molecule has 5 heteroatoms. The van der Waals surface area contributed by atoms with Crippen molar-refractivity contribution in [1.82, 2.24) is 4.98 Å². The lowest BCUT2D eigenvalue weighted by Gasteiger charge is -2.18. The summed E-state index contributed by atoms with van der Waals surface area (Å²) in [6, 6.07) is 14.0. The first kappa shape index (κ1) is 15.0. The van der Waals surface area contributed by atoms with E-state index in [2.05, 4.69) is 19.1 Å². The molecule has 0 radical (unpaired) electrons. The summed E-state index contributed by atoms with van der Waals surface area (Å²) in [5.74, 6) is 1.60. The van der Waals surface area contributed by atoms with Gasteiger partial charge in [-0.2, -0.15) is 0 Å². The third-order valence-electron chi connectivity index (χ3n) is 3.99. The van der Waals surface area contributed by atoms with Crippen molar-refractivity contribution in [3.05, 3.63) is 57.9 Å². The first-order chi connectivity index (χ1) is 11.7. The van der Waals surface area contributed by atoms with E-state index in [-0.39, 0.29) is 0 Å². The average Bonchev–Trinajstić information content (AvgIpc) is 2.97. The molecule has 122 valence electrons. The first-order valence-corrected chi connectivity index (χ1v) is 8.71. The number of anilines is 1. The van der Waals surface area contributed by atoms with Crippen molar-refractivity contribution in [3.63, 3.8) is 0 Å². The van der Waals surface area contributed by atoms with Crippen LogP contribution in [-0.4, -0.2) is 18.2 Å². The Morgan fingerprint density at radius 2 is 1.79 bits per heavy atom. The second kappa shape index (κ2) is 6.17. The number of thiazole rings is 1. The fourth-order valence-electron chi connectivity index (χ4n) is 2.80. The lowest BCUT2D eigenvalue weighted by atomic mass is 10.1. The zero-order valence-electron chi connectivity index (χ0n) is 13.4. The Hall–Kier alpha value is -2.53. The number of hydrogen-bond acceptors (Lipinski definition) is 5. The van der Waals surface area contributed by atoms with Gasteiger partial charge >= 0.3 is 0 Å². The number of nitrogens with zero attached hydrogens (tertiary/aromatic N) is 1. The predicted molar refractivity (Wildman–Crippen MR) is 96.9 cm³/mol. The maximum Gasteiger partial charge on any atom is 0.162 e. The number of aromatic nitrogens is 1. The number of nitrogen functional groups attached to an aromatic ring is 1. The van der Waals surface area contributed by atoms with Gasteiger partial charge in [-0.05, 0) is 42.8 Å². The minimum Gasteiger partial charge on any atom is -0.486 e. The molecule has 2 N–H and O–H groups in total. The van der Waals surface area contributed by atoms with Gasteiger partial charge in [0.25, 0.3) is 0 Å². The molecule has 1 aliphatic rings. The number of rotatable bonds is 3. The van der Waals surface area contributed by atoms with Gasteiger partial charge in [-0.1, -0.05) is 12.1 Å². The number of hydrogen-bond donors (Lipinski definition) is 1. The van der Waals surface area contributed by atoms with Crippen LogP contribution in [0.3, 0.4) is 0 Å². The van der Waals surface area contributed by atoms with Gasteiger partial charge in [-0.3, -0.25) is 0 Å². The fourth-order valence-corrected chi connectivity index (χ4v) is 3.78. The van der Waals surface area contributed by atoms with E-state index in [0.29, 0.717) is 13.2 Å². The molecule has 4 rings (SSSR count). The third-order valence-corrected chi connectivity index (χ3v) is 4.96. The van der Waals surface area contributed by atoms with Gasteiger partial charge in [0.1, 0.15) is 13.2 Å². The standard InChI is InChI=1S/C19H18N2O2S/c1-12-19(14-4-7-16-17(11-14)23-9-8-22-16)21-18(24-12)10-13-2-5-15(20)6-3-13/h2-7,11H,8-10,20H2,1H3. The molecule has 1 aliphatic heterocycles. The lowest BCUT2D eigenvalue weighted by Crippen LogP contribution is -2.15. The molecule has 2 heterocycles. The molecule has 0 saturated heterocycles. The minimum atomic E-state index is 0.592. The molecule has 24 heavy (non-hydrogen) atoms. The molecular formula is C19H18N2O2S. The first-order valence-electron chi connectivity index (χ1n) is 7.90. The predicted octanol–water partition coefficient (Wildman–Crippen LogP) is 4.06. The maximum atomic E-state index is 5.74. The molecule has 0 fully saturated rings. The van der Waals surface area contributed by atoms with Crippen LogP contribution >= 0.6 is 11.3 Å². The SMILES string of the molecule is Cc1sc(Cc2ccc(N)cc2)nc1-c1ccc2c(c1)OCCO2. The van der Waals surface area contributed by atoms with Gasteiger partial charge in [0.15, 0.2) is 11.5 Å². The Kier molecular flexibility index (Phi) is 3.86. The molecule has 2 aromatic carbocycles. The van der Waals surface area contributed by atoms with Crippen LogP contribution < -0.4 is 15.2 Å². The van der Waals surface area contributed by atoms with Gasteiger partial charge in [-0.15, -0.1) is 11.3 Å². The second-order valence-electron chi connectivity index (χ2n) is 5.79. The van der Waals surface area contributed by atoms with E-state index in [1.165, 1.54) is 10.4 Å². The number of nitrogens with two attached hydrogens (primary N) is 1. The van der Waals surface area contributed by atoms with Crippen LogP contribution in [0.5, 0.6) is 11.5 Å². The van der Waals surface area contributed by atoms with Crippen molar-refractivity contribution < 1.29 is 9.47 Å². The van der Waals surface area contributed by atoms with E-state index in [9.17, 15) is 0 Å². The average molecular weight is 338 g/mol. The normalized spacial score (nSPS) is 13.0. The Balaban J connectivity index is 1.62. The highest BCUT2D eigenvalue weighted by Crippen LogP contribution is 2.36. The van der Waals surface area contributed by atoms with E-state index < -0.39 is 0 Å². The van der Waals surface area contributed by atoms with Crippen LogP contribution in [-0.2, 0) is 6.42 Å². The smallest absolute Gasteiger partial charge is 0.162 e. The van der Waals surface area contributed by atoms with Gasteiger partial charge in [0.2, 0.25) is 0 Å². The van der Waals surface area contributed by atoms with Crippen molar-refractivity contribution in [2.45, 2.75) is 13.3 Å². The largest absolute Gasteiger partial charge is 0.486 e. The third kappa shape index (κ3) is 2.95. The highest BCUT2D eigenvalue weighted by atomic mass is 32.1. The molecule has 0 atom stereocenters. The molecule has 3 aromatic rings. The van der Waals surface area contributed by atoms with Gasteiger partial charge < -0.3 is 15.2 Å². The summed E-state index contributed by atoms with van der Waals surface area (Å²) in [4.78, 5) is 6.04. The fraction of sp³-hybridized carbons (Fsp3) is 0.211. The molecule has 0 bridgehead atoms. The highest BCUT2D eigenvalue weighted by molar-refractivity contribution is 7.12. The Bertz CT molecular complexity index is 872. The van der Waals surface area contributed by atoms with Crippen LogP contribution in [0.4, 0.5) is 5.69 Å². The summed E-state index contributed by atoms with van der Waals surface area (Å²) < 4.78 is 11.3. The summed E-state index contributed by atoms with van der Waals surface area (Å²) in [5.41, 5.74) is 9.83. The van der Waals surface area contributed by atoms with Gasteiger partial charge in [-0.25, -0.2) is 4.98 Å². The van der Waals surface area contributed by atoms with Crippen LogP contribution in [0, 0.1) is 6.92 Å². The molecule has 1 aromatic heterocycles. The quantitative estimate of drug-likeness (QED) is 0.732. The molecule has 0 unspecified atom stereocenters. The summed E-state index contributed by atoms with van der Waals surface area (Å²) in [7, 11) is 0. The second-order valence-corrected chi connectivity index (χ2v) is 7.08. The van der Waals surface area contributed by atoms with Gasteiger partial charge in [0, 0.05) is 22.5 Å². The maximum absolute atomic E-state index is 5.74. The summed E-state index contributed by atoms with van der Waals surface area (Å²) in [5, 5.41) is 1.10. The van der Waals surface area contributed by atoms with Crippen LogP contribution in [0.1, 0.15) is 15.4 Å². The topological polar surface area (TPSA) is 57.4 Å². The number of benzene rings is 2. The molecule has 0 aliphatic carbocycles. The molecule has 0 spiro atoms. The molecule has 0 amide bonds. The molecule has 0 saturated carbocycles. The summed E-state index contributed by atoms with van der Waals surface area (Å²) >= 11 is 1.73. The number of fused-ring (bicyclic) bond motifs is 1. The highest BCUT2D eigenvalue weighted by Gasteiger charge is 2.16. The Morgan fingerprint density at radius 1 is 1.04 bits per heavy atom. The van der Waals surface area contributed by atoms with Crippen molar-refractivity contribution in [2.75, 3.05) is 18.9 Å². The minimum absolute atomic E-state index is 0.592. The number of ether oxygens (including phenoxy) is 2. The van der Waals surface area contributed by atoms with E-state index >= 15 is 0 Å². The van der Waals surface area contributed by atoms with Crippen LogP contribution in [0.2, 0.25) is 0 Å². The Labute approximate surface area is 144 Å². The van der Waals surface area contributed by atoms with E-state index in [0.717, 1.165) is 39.9 Å². The van der Waals surface area contributed by atoms with Crippen molar-refractivity contribution in [1.29, 1.82) is 0 Å². The number of aryl methyl sites for hydroxylation is 1. The zero-order chi connectivity index (χ0) is 16.5. The van der Waals surface area contributed by atoms with Crippen molar-refractivity contribution in [3.8, 4) is 22.8 Å². The van der Waals surface area contributed by atoms with E-state index in [4.69, 9.17) is 20.2 Å². The molecule has 4 nitrogen and oxygen atoms in total. The monoisotopic (exact) mass is 338 g/mol. The van der Waals surface area contributed by atoms with Crippen LogP contribution in [0.25, 0.3) is 11.3 Å². The van der Waals surface area contributed by atoms with E-state index in [1.54, 1.807) is 11.3 Å². The van der Waals surface area contributed by atoms with Crippen molar-refractivity contribution in [2.24, 2.45) is 0 Å². The van der Waals surface area contributed by atoms with Crippen LogP contribution in [0.15, 0.2) is 42.5 Å². The Morgan fingerprint density at radius 3 is 2.58 bits per heavy atom. The summed E-state index contributed by atoms with van der Waals surface area (Å²) in [6.45, 7) is 3.30. The van der Waals surface area contributed by atoms with Crippen molar-refractivity contribution >= 4 is 17.0 Å². The van der Waals surface area contributed by atoms with E-state index in [1.807, 2.05) is 30.3 Å².